The van der Waals surface area contributed by atoms with Crippen molar-refractivity contribution in [2.24, 2.45) is 0 Å². The van der Waals surface area contributed by atoms with E-state index in [4.69, 9.17) is 25.8 Å². The lowest BCUT2D eigenvalue weighted by Crippen LogP contribution is -2.11. The minimum absolute atomic E-state index is 0.0478. The van der Waals surface area contributed by atoms with Gasteiger partial charge in [-0.05, 0) is 64.6 Å². The third kappa shape index (κ3) is 6.63. The Hall–Kier alpha value is -3.24. The van der Waals surface area contributed by atoms with E-state index in [0.717, 1.165) is 11.1 Å². The molecule has 0 aromatic heterocycles. The van der Waals surface area contributed by atoms with Gasteiger partial charge in [0.15, 0.2) is 11.5 Å². The minimum Gasteiger partial charge on any atom is -0.493 e. The summed E-state index contributed by atoms with van der Waals surface area (Å²) in [6, 6.07) is 20.5. The molecule has 0 heterocycles. The van der Waals surface area contributed by atoms with Crippen molar-refractivity contribution in [2.45, 2.75) is 32.8 Å². The molecular formula is C27H27ClO4. The Bertz CT molecular complexity index is 1080. The smallest absolute Gasteiger partial charge is 0.336 e. The SMILES string of the molecule is COc1cc(/C=C/C(=O)Oc2ccc(C(C)(C)C)cc2)ccc1OCc1ccc(Cl)cc1. The first kappa shape index (κ1) is 23.4. The summed E-state index contributed by atoms with van der Waals surface area (Å²) in [6.45, 7) is 6.81. The van der Waals surface area contributed by atoms with Gasteiger partial charge in [0, 0.05) is 11.1 Å². The quantitative estimate of drug-likeness (QED) is 0.224. The molecule has 0 bridgehead atoms. The van der Waals surface area contributed by atoms with Crippen LogP contribution in [0, 0.1) is 0 Å². The van der Waals surface area contributed by atoms with Crippen molar-refractivity contribution in [3.63, 3.8) is 0 Å². The summed E-state index contributed by atoms with van der Waals surface area (Å²) < 4.78 is 16.7. The second kappa shape index (κ2) is 10.4. The van der Waals surface area contributed by atoms with Gasteiger partial charge in [0.2, 0.25) is 0 Å². The van der Waals surface area contributed by atoms with Gasteiger partial charge in [-0.15, -0.1) is 0 Å². The molecule has 0 saturated carbocycles. The first-order valence-corrected chi connectivity index (χ1v) is 10.7. The number of rotatable bonds is 7. The number of methoxy groups -OCH3 is 1. The molecule has 5 heteroatoms. The van der Waals surface area contributed by atoms with Crippen molar-refractivity contribution in [3.05, 3.63) is 94.5 Å². The first-order chi connectivity index (χ1) is 15.2. The molecule has 4 nitrogen and oxygen atoms in total. The third-order valence-electron chi connectivity index (χ3n) is 4.85. The average Bonchev–Trinajstić information content (AvgIpc) is 2.77. The maximum absolute atomic E-state index is 12.2. The van der Waals surface area contributed by atoms with Gasteiger partial charge in [-0.3, -0.25) is 0 Å². The summed E-state index contributed by atoms with van der Waals surface area (Å²) in [7, 11) is 1.58. The van der Waals surface area contributed by atoms with Crippen molar-refractivity contribution in [1.29, 1.82) is 0 Å². The number of benzene rings is 3. The number of carbonyl (C=O) groups excluding carboxylic acids is 1. The van der Waals surface area contributed by atoms with E-state index >= 15 is 0 Å². The molecule has 0 saturated heterocycles. The molecule has 166 valence electrons. The van der Waals surface area contributed by atoms with Crippen LogP contribution in [0.15, 0.2) is 72.8 Å². The van der Waals surface area contributed by atoms with Crippen LogP contribution in [0.25, 0.3) is 6.08 Å². The largest absolute Gasteiger partial charge is 0.493 e. The topological polar surface area (TPSA) is 44.8 Å². The summed E-state index contributed by atoms with van der Waals surface area (Å²) in [5, 5.41) is 0.683. The molecule has 0 fully saturated rings. The highest BCUT2D eigenvalue weighted by Gasteiger charge is 2.13. The van der Waals surface area contributed by atoms with Gasteiger partial charge < -0.3 is 14.2 Å². The van der Waals surface area contributed by atoms with Crippen LogP contribution in [0.3, 0.4) is 0 Å². The van der Waals surface area contributed by atoms with Gasteiger partial charge >= 0.3 is 5.97 Å². The van der Waals surface area contributed by atoms with Crippen LogP contribution >= 0.6 is 11.6 Å². The Morgan fingerprint density at radius 2 is 1.62 bits per heavy atom. The molecule has 0 atom stereocenters. The minimum atomic E-state index is -0.449. The number of carbonyl (C=O) groups is 1. The fraction of sp³-hybridized carbons (Fsp3) is 0.222. The molecule has 0 N–H and O–H groups in total. The van der Waals surface area contributed by atoms with Gasteiger partial charge in [-0.25, -0.2) is 4.79 Å². The third-order valence-corrected chi connectivity index (χ3v) is 5.10. The van der Waals surface area contributed by atoms with Crippen molar-refractivity contribution in [2.75, 3.05) is 7.11 Å². The number of halogens is 1. The molecule has 0 unspecified atom stereocenters. The van der Waals surface area contributed by atoms with Gasteiger partial charge in [0.05, 0.1) is 7.11 Å². The van der Waals surface area contributed by atoms with Gasteiger partial charge in [0.25, 0.3) is 0 Å². The monoisotopic (exact) mass is 450 g/mol. The highest BCUT2D eigenvalue weighted by Crippen LogP contribution is 2.29. The van der Waals surface area contributed by atoms with Gasteiger partial charge in [-0.1, -0.05) is 62.7 Å². The lowest BCUT2D eigenvalue weighted by atomic mass is 9.87. The predicted octanol–water partition coefficient (Wildman–Crippen LogP) is 6.84. The van der Waals surface area contributed by atoms with E-state index in [2.05, 4.69) is 20.8 Å². The maximum Gasteiger partial charge on any atom is 0.336 e. The Balaban J connectivity index is 1.61. The molecule has 0 aliphatic heterocycles. The highest BCUT2D eigenvalue weighted by atomic mass is 35.5. The molecule has 0 aliphatic carbocycles. The van der Waals surface area contributed by atoms with Gasteiger partial charge in [-0.2, -0.15) is 0 Å². The zero-order valence-electron chi connectivity index (χ0n) is 18.7. The summed E-state index contributed by atoms with van der Waals surface area (Å²) in [5.74, 6) is 1.25. The van der Waals surface area contributed by atoms with E-state index in [1.165, 1.54) is 11.6 Å². The summed E-state index contributed by atoms with van der Waals surface area (Å²) in [6.07, 6.45) is 3.07. The van der Waals surface area contributed by atoms with E-state index < -0.39 is 5.97 Å². The lowest BCUT2D eigenvalue weighted by Gasteiger charge is -2.18. The Kier molecular flexibility index (Phi) is 7.60. The van der Waals surface area contributed by atoms with Crippen molar-refractivity contribution >= 4 is 23.6 Å². The normalized spacial score (nSPS) is 11.4. The van der Waals surface area contributed by atoms with Crippen LogP contribution in [-0.2, 0) is 16.8 Å². The molecule has 0 spiro atoms. The second-order valence-electron chi connectivity index (χ2n) is 8.35. The van der Waals surface area contributed by atoms with Gasteiger partial charge in [0.1, 0.15) is 12.4 Å². The van der Waals surface area contributed by atoms with Crippen LogP contribution in [0.2, 0.25) is 5.02 Å². The van der Waals surface area contributed by atoms with Crippen LogP contribution in [-0.4, -0.2) is 13.1 Å². The molecule has 0 aliphatic rings. The molecule has 0 radical (unpaired) electrons. The van der Waals surface area contributed by atoms with Crippen LogP contribution in [0.5, 0.6) is 17.2 Å². The highest BCUT2D eigenvalue weighted by molar-refractivity contribution is 6.30. The van der Waals surface area contributed by atoms with Crippen LogP contribution in [0.4, 0.5) is 0 Å². The molecular weight excluding hydrogens is 424 g/mol. The number of esters is 1. The van der Waals surface area contributed by atoms with Crippen molar-refractivity contribution in [1.82, 2.24) is 0 Å². The second-order valence-corrected chi connectivity index (χ2v) is 8.79. The molecule has 32 heavy (non-hydrogen) atoms. The molecule has 3 rings (SSSR count). The maximum atomic E-state index is 12.2. The van der Waals surface area contributed by atoms with Crippen LogP contribution in [0.1, 0.15) is 37.5 Å². The standard InChI is InChI=1S/C27H27ClO4/c1-27(2,3)21-9-13-23(14-10-21)32-26(29)16-8-19-7-15-24(25(17-19)30-4)31-18-20-5-11-22(28)12-6-20/h5-17H,18H2,1-4H3/b16-8+. The zero-order chi connectivity index (χ0) is 23.1. The van der Waals surface area contributed by atoms with E-state index in [0.29, 0.717) is 28.9 Å². The van der Waals surface area contributed by atoms with Crippen molar-refractivity contribution in [3.8, 4) is 17.2 Å². The summed E-state index contributed by atoms with van der Waals surface area (Å²) in [5.41, 5.74) is 3.02. The number of hydrogen-bond donors (Lipinski definition) is 0. The zero-order valence-corrected chi connectivity index (χ0v) is 19.5. The first-order valence-electron chi connectivity index (χ1n) is 10.3. The Morgan fingerprint density at radius 1 is 0.938 bits per heavy atom. The fourth-order valence-electron chi connectivity index (χ4n) is 2.99. The molecule has 3 aromatic carbocycles. The lowest BCUT2D eigenvalue weighted by molar-refractivity contribution is -0.128. The fourth-order valence-corrected chi connectivity index (χ4v) is 3.11. The van der Waals surface area contributed by atoms with Crippen molar-refractivity contribution < 1.29 is 19.0 Å². The number of hydrogen-bond acceptors (Lipinski definition) is 4. The van der Waals surface area contributed by atoms with E-state index in [1.54, 1.807) is 19.3 Å². The summed E-state index contributed by atoms with van der Waals surface area (Å²) in [4.78, 5) is 12.2. The number of ether oxygens (including phenoxy) is 3. The van der Waals surface area contributed by atoms with Crippen LogP contribution < -0.4 is 14.2 Å². The Labute approximate surface area is 194 Å². The summed E-state index contributed by atoms with van der Waals surface area (Å²) >= 11 is 5.91. The molecule has 3 aromatic rings. The van der Waals surface area contributed by atoms with E-state index in [9.17, 15) is 4.79 Å². The predicted molar refractivity (Wildman–Crippen MR) is 129 cm³/mol. The van der Waals surface area contributed by atoms with E-state index in [1.807, 2.05) is 60.7 Å². The average molecular weight is 451 g/mol. The van der Waals surface area contributed by atoms with E-state index in [-0.39, 0.29) is 5.41 Å². The molecule has 0 amide bonds. The Morgan fingerprint density at radius 3 is 2.25 bits per heavy atom.